The van der Waals surface area contributed by atoms with E-state index in [0.717, 1.165) is 27.4 Å². The van der Waals surface area contributed by atoms with E-state index in [9.17, 15) is 5.11 Å². The fourth-order valence-corrected chi connectivity index (χ4v) is 5.69. The number of thiazole rings is 1. The summed E-state index contributed by atoms with van der Waals surface area (Å²) in [6.45, 7) is 7.21. The lowest BCUT2D eigenvalue weighted by molar-refractivity contribution is 0.191. The van der Waals surface area contributed by atoms with E-state index < -0.39 is 0 Å². The lowest BCUT2D eigenvalue weighted by Gasteiger charge is -2.23. The fraction of sp³-hybridized carbons (Fsp3) is 0.522. The van der Waals surface area contributed by atoms with Gasteiger partial charge in [0.05, 0.1) is 22.4 Å². The van der Waals surface area contributed by atoms with Gasteiger partial charge in [0.25, 0.3) is 0 Å². The molecule has 0 aliphatic heterocycles. The van der Waals surface area contributed by atoms with Crippen molar-refractivity contribution in [3.05, 3.63) is 23.4 Å². The molecule has 0 spiro atoms. The standard InChI is InChI=1S/C23H30ClN5O2S/c1-6-31-15-7-8-16-18(10-15)32-22(26-16)19-20(24)27-23(29(4)5)28-21(19)25-17-9-14(11-30)12(2)13(17)3/h7-8,10,12-14,17,30H,6,9,11H2,1-5H3,(H,25,27,28). The number of halogens is 1. The number of nitrogens with one attached hydrogen (secondary N) is 1. The topological polar surface area (TPSA) is 83.4 Å². The van der Waals surface area contributed by atoms with Crippen LogP contribution < -0.4 is 15.0 Å². The predicted octanol–water partition coefficient (Wildman–Crippen LogP) is 4.94. The Balaban J connectivity index is 1.77. The summed E-state index contributed by atoms with van der Waals surface area (Å²) in [5.74, 6) is 3.13. The first kappa shape index (κ1) is 23.0. The van der Waals surface area contributed by atoms with Crippen molar-refractivity contribution in [2.24, 2.45) is 17.8 Å². The van der Waals surface area contributed by atoms with Gasteiger partial charge in [-0.05, 0) is 49.3 Å². The van der Waals surface area contributed by atoms with Crippen LogP contribution in [0.5, 0.6) is 5.75 Å². The number of hydrogen-bond donors (Lipinski definition) is 2. The van der Waals surface area contributed by atoms with Crippen LogP contribution in [0.25, 0.3) is 20.8 Å². The molecule has 1 fully saturated rings. The summed E-state index contributed by atoms with van der Waals surface area (Å²) in [6, 6.07) is 6.07. The van der Waals surface area contributed by atoms with Gasteiger partial charge in [-0.3, -0.25) is 0 Å². The van der Waals surface area contributed by atoms with E-state index in [1.807, 2.05) is 44.1 Å². The van der Waals surface area contributed by atoms with Crippen LogP contribution in [0.2, 0.25) is 5.15 Å². The Morgan fingerprint density at radius 2 is 2.00 bits per heavy atom. The molecule has 4 rings (SSSR count). The molecule has 0 saturated heterocycles. The van der Waals surface area contributed by atoms with Gasteiger partial charge in [-0.1, -0.05) is 25.4 Å². The highest BCUT2D eigenvalue weighted by Gasteiger charge is 2.38. The van der Waals surface area contributed by atoms with Crippen molar-refractivity contribution in [2.45, 2.75) is 33.2 Å². The van der Waals surface area contributed by atoms with Crippen molar-refractivity contribution < 1.29 is 9.84 Å². The lowest BCUT2D eigenvalue weighted by atomic mass is 9.92. The average Bonchev–Trinajstić information content (AvgIpc) is 3.29. The van der Waals surface area contributed by atoms with Crippen molar-refractivity contribution in [1.29, 1.82) is 0 Å². The van der Waals surface area contributed by atoms with E-state index in [-0.39, 0.29) is 18.6 Å². The Bertz CT molecular complexity index is 1110. The molecule has 2 heterocycles. The predicted molar refractivity (Wildman–Crippen MR) is 132 cm³/mol. The molecule has 1 saturated carbocycles. The van der Waals surface area contributed by atoms with Gasteiger partial charge in [-0.25, -0.2) is 9.97 Å². The molecule has 2 N–H and O–H groups in total. The number of aliphatic hydroxyl groups excluding tert-OH is 1. The van der Waals surface area contributed by atoms with Gasteiger partial charge in [0, 0.05) is 26.7 Å². The molecule has 172 valence electrons. The number of anilines is 2. The SMILES string of the molecule is CCOc1ccc2nc(-c3c(Cl)nc(N(C)C)nc3NC3CC(CO)C(C)C3C)sc2c1. The normalized spacial score (nSPS) is 23.0. The van der Waals surface area contributed by atoms with Crippen LogP contribution in [-0.4, -0.2) is 53.4 Å². The van der Waals surface area contributed by atoms with Crippen molar-refractivity contribution in [1.82, 2.24) is 15.0 Å². The Hall–Kier alpha value is -2.16. The number of hydrogen-bond acceptors (Lipinski definition) is 8. The van der Waals surface area contributed by atoms with Crippen LogP contribution in [0.15, 0.2) is 18.2 Å². The summed E-state index contributed by atoms with van der Waals surface area (Å²) in [6.07, 6.45) is 0.884. The average molecular weight is 476 g/mol. The zero-order valence-electron chi connectivity index (χ0n) is 19.1. The maximum atomic E-state index is 9.77. The van der Waals surface area contributed by atoms with Crippen LogP contribution >= 0.6 is 22.9 Å². The molecule has 7 nitrogen and oxygen atoms in total. The quantitative estimate of drug-likeness (QED) is 0.468. The number of nitrogens with zero attached hydrogens (tertiary/aromatic N) is 4. The summed E-state index contributed by atoms with van der Waals surface area (Å²) in [7, 11) is 3.79. The lowest BCUT2D eigenvalue weighted by Crippen LogP contribution is -2.26. The van der Waals surface area contributed by atoms with Gasteiger partial charge >= 0.3 is 0 Å². The Kier molecular flexibility index (Phi) is 6.74. The number of aromatic nitrogens is 3. The van der Waals surface area contributed by atoms with Crippen molar-refractivity contribution >= 4 is 44.9 Å². The third-order valence-electron chi connectivity index (χ3n) is 6.46. The van der Waals surface area contributed by atoms with Crippen LogP contribution in [0, 0.1) is 17.8 Å². The molecule has 0 amide bonds. The van der Waals surface area contributed by atoms with E-state index in [1.54, 1.807) is 11.3 Å². The first-order valence-electron chi connectivity index (χ1n) is 11.0. The summed E-state index contributed by atoms with van der Waals surface area (Å²) >= 11 is 8.26. The molecule has 0 bridgehead atoms. The van der Waals surface area contributed by atoms with Gasteiger partial charge in [-0.2, -0.15) is 4.98 Å². The zero-order valence-corrected chi connectivity index (χ0v) is 20.7. The van der Waals surface area contributed by atoms with Gasteiger partial charge < -0.3 is 20.1 Å². The summed E-state index contributed by atoms with van der Waals surface area (Å²) in [5, 5.41) is 14.5. The van der Waals surface area contributed by atoms with E-state index in [1.165, 1.54) is 0 Å². The molecule has 0 radical (unpaired) electrons. The second-order valence-electron chi connectivity index (χ2n) is 8.66. The molecular weight excluding hydrogens is 446 g/mol. The molecule has 4 unspecified atom stereocenters. The Morgan fingerprint density at radius 3 is 2.66 bits per heavy atom. The maximum absolute atomic E-state index is 9.77. The highest BCUT2D eigenvalue weighted by atomic mass is 35.5. The highest BCUT2D eigenvalue weighted by Crippen LogP contribution is 2.42. The molecule has 1 aliphatic rings. The molecule has 32 heavy (non-hydrogen) atoms. The maximum Gasteiger partial charge on any atom is 0.228 e. The molecule has 3 aromatic rings. The Morgan fingerprint density at radius 1 is 1.22 bits per heavy atom. The second-order valence-corrected chi connectivity index (χ2v) is 10.1. The highest BCUT2D eigenvalue weighted by molar-refractivity contribution is 7.21. The smallest absolute Gasteiger partial charge is 0.228 e. The Labute approximate surface area is 197 Å². The van der Waals surface area contributed by atoms with E-state index in [2.05, 4.69) is 24.1 Å². The van der Waals surface area contributed by atoms with E-state index in [4.69, 9.17) is 26.3 Å². The van der Waals surface area contributed by atoms with Gasteiger partial charge in [0.15, 0.2) is 0 Å². The number of fused-ring (bicyclic) bond motifs is 1. The zero-order chi connectivity index (χ0) is 23.0. The van der Waals surface area contributed by atoms with Gasteiger partial charge in [0.1, 0.15) is 21.7 Å². The summed E-state index contributed by atoms with van der Waals surface area (Å²) in [5.41, 5.74) is 1.60. The van der Waals surface area contributed by atoms with Crippen molar-refractivity contribution in [3.63, 3.8) is 0 Å². The number of rotatable bonds is 7. The summed E-state index contributed by atoms with van der Waals surface area (Å²) in [4.78, 5) is 16.0. The molecule has 1 aromatic carbocycles. The minimum absolute atomic E-state index is 0.181. The minimum Gasteiger partial charge on any atom is -0.494 e. The molecule has 9 heteroatoms. The third-order valence-corrected chi connectivity index (χ3v) is 7.77. The van der Waals surface area contributed by atoms with Crippen LogP contribution in [-0.2, 0) is 0 Å². The third kappa shape index (κ3) is 4.36. The molecule has 2 aromatic heterocycles. The first-order chi connectivity index (χ1) is 15.3. The van der Waals surface area contributed by atoms with E-state index >= 15 is 0 Å². The molecule has 1 aliphatic carbocycles. The monoisotopic (exact) mass is 475 g/mol. The van der Waals surface area contributed by atoms with Gasteiger partial charge in [0.2, 0.25) is 5.95 Å². The van der Waals surface area contributed by atoms with Gasteiger partial charge in [-0.15, -0.1) is 11.3 Å². The summed E-state index contributed by atoms with van der Waals surface area (Å²) < 4.78 is 6.66. The molecular formula is C23H30ClN5O2S. The number of benzene rings is 1. The van der Waals surface area contributed by atoms with Crippen LogP contribution in [0.1, 0.15) is 27.2 Å². The van der Waals surface area contributed by atoms with Crippen molar-refractivity contribution in [3.8, 4) is 16.3 Å². The van der Waals surface area contributed by atoms with Crippen molar-refractivity contribution in [2.75, 3.05) is 37.5 Å². The minimum atomic E-state index is 0.181. The first-order valence-corrected chi connectivity index (χ1v) is 12.2. The second kappa shape index (κ2) is 9.37. The van der Waals surface area contributed by atoms with Crippen LogP contribution in [0.3, 0.4) is 0 Å². The fourth-order valence-electron chi connectivity index (χ4n) is 4.34. The number of aliphatic hydroxyl groups is 1. The van der Waals surface area contributed by atoms with E-state index in [0.29, 0.717) is 40.9 Å². The largest absolute Gasteiger partial charge is 0.494 e. The van der Waals surface area contributed by atoms with Crippen LogP contribution in [0.4, 0.5) is 11.8 Å². The molecule has 4 atom stereocenters. The number of ether oxygens (including phenoxy) is 1.